The minimum Gasteiger partial charge on any atom is -0.397 e. The van der Waals surface area contributed by atoms with Crippen LogP contribution in [0.2, 0.25) is 5.15 Å². The predicted octanol–water partition coefficient (Wildman–Crippen LogP) is 2.82. The number of halogens is 1. The zero-order chi connectivity index (χ0) is 13.9. The first-order chi connectivity index (χ1) is 8.32. The fraction of sp³-hybridized carbons (Fsp3) is 0.538. The maximum atomic E-state index is 12.4. The number of nitrogens with zero attached hydrogens (tertiary/aromatic N) is 2. The van der Waals surface area contributed by atoms with Gasteiger partial charge in [0, 0.05) is 12.6 Å². The van der Waals surface area contributed by atoms with Crippen LogP contribution in [0.5, 0.6) is 0 Å². The van der Waals surface area contributed by atoms with Gasteiger partial charge in [-0.3, -0.25) is 4.79 Å². The Kier molecular flexibility index (Phi) is 4.96. The van der Waals surface area contributed by atoms with Crippen LogP contribution in [0.25, 0.3) is 0 Å². The summed E-state index contributed by atoms with van der Waals surface area (Å²) in [5.74, 6) is 0.271. The second-order valence-corrected chi connectivity index (χ2v) is 5.41. The summed E-state index contributed by atoms with van der Waals surface area (Å²) in [5, 5.41) is 0.198. The number of anilines is 1. The minimum atomic E-state index is -0.122. The van der Waals surface area contributed by atoms with Crippen molar-refractivity contribution in [3.8, 4) is 0 Å². The van der Waals surface area contributed by atoms with Gasteiger partial charge in [0.2, 0.25) is 0 Å². The van der Waals surface area contributed by atoms with Crippen LogP contribution in [0.4, 0.5) is 5.69 Å². The smallest absolute Gasteiger partial charge is 0.257 e. The van der Waals surface area contributed by atoms with Gasteiger partial charge in [0.15, 0.2) is 0 Å². The number of nitrogens with two attached hydrogens (primary N) is 1. The van der Waals surface area contributed by atoms with Crippen LogP contribution >= 0.6 is 11.6 Å². The van der Waals surface area contributed by atoms with Gasteiger partial charge in [0.05, 0.1) is 17.4 Å². The molecule has 1 aromatic rings. The van der Waals surface area contributed by atoms with Crippen molar-refractivity contribution in [3.63, 3.8) is 0 Å². The van der Waals surface area contributed by atoms with Gasteiger partial charge in [0.25, 0.3) is 5.91 Å². The average molecular weight is 270 g/mol. The second kappa shape index (κ2) is 6.05. The van der Waals surface area contributed by atoms with E-state index >= 15 is 0 Å². The molecule has 1 amide bonds. The third-order valence-corrected chi connectivity index (χ3v) is 2.84. The lowest BCUT2D eigenvalue weighted by Crippen LogP contribution is -2.39. The highest BCUT2D eigenvalue weighted by molar-refractivity contribution is 6.32. The fourth-order valence-electron chi connectivity index (χ4n) is 1.69. The van der Waals surface area contributed by atoms with Crippen LogP contribution in [0, 0.1) is 5.92 Å². The average Bonchev–Trinajstić information content (AvgIpc) is 2.27. The molecule has 0 unspecified atom stereocenters. The summed E-state index contributed by atoms with van der Waals surface area (Å²) in [6.07, 6.45) is 1.45. The molecule has 0 fully saturated rings. The molecule has 0 radical (unpaired) electrons. The van der Waals surface area contributed by atoms with Crippen LogP contribution < -0.4 is 5.73 Å². The van der Waals surface area contributed by atoms with Gasteiger partial charge in [-0.15, -0.1) is 0 Å². The molecule has 0 aliphatic heterocycles. The Morgan fingerprint density at radius 2 is 2.06 bits per heavy atom. The van der Waals surface area contributed by atoms with Crippen molar-refractivity contribution in [2.45, 2.75) is 33.7 Å². The molecule has 0 spiro atoms. The molecule has 100 valence electrons. The molecule has 0 saturated heterocycles. The third kappa shape index (κ3) is 3.60. The van der Waals surface area contributed by atoms with Crippen molar-refractivity contribution in [2.24, 2.45) is 5.92 Å². The van der Waals surface area contributed by atoms with Crippen LogP contribution in [0.3, 0.4) is 0 Å². The highest BCUT2D eigenvalue weighted by Crippen LogP contribution is 2.19. The van der Waals surface area contributed by atoms with E-state index in [1.54, 1.807) is 11.0 Å². The molecule has 1 rings (SSSR count). The predicted molar refractivity (Wildman–Crippen MR) is 74.7 cm³/mol. The first-order valence-electron chi connectivity index (χ1n) is 6.05. The summed E-state index contributed by atoms with van der Waals surface area (Å²) in [7, 11) is 0. The lowest BCUT2D eigenvalue weighted by atomic mass is 10.1. The number of nitrogen functional groups attached to an aromatic ring is 1. The van der Waals surface area contributed by atoms with E-state index in [0.29, 0.717) is 23.7 Å². The summed E-state index contributed by atoms with van der Waals surface area (Å²) >= 11 is 5.96. The molecule has 4 nitrogen and oxygen atoms in total. The van der Waals surface area contributed by atoms with Crippen molar-refractivity contribution in [1.82, 2.24) is 9.88 Å². The molecule has 0 bridgehead atoms. The van der Waals surface area contributed by atoms with E-state index in [1.165, 1.54) is 6.20 Å². The standard InChI is InChI=1S/C13H20ClN3O/c1-8(2)7-17(9(3)4)13(18)11-5-10(15)6-16-12(11)14/h5-6,8-9H,7,15H2,1-4H3. The highest BCUT2D eigenvalue weighted by atomic mass is 35.5. The molecule has 1 aromatic heterocycles. The van der Waals surface area contributed by atoms with Gasteiger partial charge in [-0.05, 0) is 25.8 Å². The first kappa shape index (κ1) is 14.8. The maximum Gasteiger partial charge on any atom is 0.257 e. The molecule has 18 heavy (non-hydrogen) atoms. The Hall–Kier alpha value is -1.29. The molecule has 0 atom stereocenters. The largest absolute Gasteiger partial charge is 0.397 e. The molecule has 1 heterocycles. The van der Waals surface area contributed by atoms with E-state index in [-0.39, 0.29) is 17.1 Å². The Balaban J connectivity index is 3.05. The number of amides is 1. The number of carbonyl (C=O) groups excluding carboxylic acids is 1. The number of carbonyl (C=O) groups is 1. The van der Waals surface area contributed by atoms with Gasteiger partial charge in [0.1, 0.15) is 5.15 Å². The van der Waals surface area contributed by atoms with Crippen LogP contribution in [-0.4, -0.2) is 28.4 Å². The van der Waals surface area contributed by atoms with E-state index in [2.05, 4.69) is 18.8 Å². The Labute approximate surface area is 113 Å². The molecule has 0 aromatic carbocycles. The maximum absolute atomic E-state index is 12.4. The third-order valence-electron chi connectivity index (χ3n) is 2.54. The van der Waals surface area contributed by atoms with Gasteiger partial charge >= 0.3 is 0 Å². The highest BCUT2D eigenvalue weighted by Gasteiger charge is 2.22. The number of aromatic nitrogens is 1. The van der Waals surface area contributed by atoms with Gasteiger partial charge < -0.3 is 10.6 Å². The SMILES string of the molecule is CC(C)CN(C(=O)c1cc(N)cnc1Cl)C(C)C. The molecule has 0 saturated carbocycles. The zero-order valence-corrected chi connectivity index (χ0v) is 12.0. The van der Waals surface area contributed by atoms with Crippen molar-refractivity contribution in [2.75, 3.05) is 12.3 Å². The summed E-state index contributed by atoms with van der Waals surface area (Å²) in [6.45, 7) is 8.78. The Morgan fingerprint density at radius 3 is 2.56 bits per heavy atom. The fourth-order valence-corrected chi connectivity index (χ4v) is 1.87. The van der Waals surface area contributed by atoms with E-state index in [1.807, 2.05) is 13.8 Å². The van der Waals surface area contributed by atoms with Crippen molar-refractivity contribution >= 4 is 23.2 Å². The molecule has 5 heteroatoms. The summed E-state index contributed by atoms with van der Waals surface area (Å²) in [6, 6.07) is 1.69. The van der Waals surface area contributed by atoms with Crippen molar-refractivity contribution < 1.29 is 4.79 Å². The summed E-state index contributed by atoms with van der Waals surface area (Å²) in [5.41, 5.74) is 6.46. The minimum absolute atomic E-state index is 0.109. The van der Waals surface area contributed by atoms with Crippen LogP contribution in [0.15, 0.2) is 12.3 Å². The lowest BCUT2D eigenvalue weighted by Gasteiger charge is -2.28. The quantitative estimate of drug-likeness (QED) is 0.855. The van der Waals surface area contributed by atoms with E-state index in [9.17, 15) is 4.79 Å². The van der Waals surface area contributed by atoms with Gasteiger partial charge in [-0.1, -0.05) is 25.4 Å². The van der Waals surface area contributed by atoms with E-state index < -0.39 is 0 Å². The summed E-state index contributed by atoms with van der Waals surface area (Å²) in [4.78, 5) is 18.1. The first-order valence-corrected chi connectivity index (χ1v) is 6.42. The lowest BCUT2D eigenvalue weighted by molar-refractivity contribution is 0.0682. The molecular weight excluding hydrogens is 250 g/mol. The Morgan fingerprint density at radius 1 is 1.44 bits per heavy atom. The zero-order valence-electron chi connectivity index (χ0n) is 11.3. The topological polar surface area (TPSA) is 59.2 Å². The van der Waals surface area contributed by atoms with E-state index in [4.69, 9.17) is 17.3 Å². The second-order valence-electron chi connectivity index (χ2n) is 5.05. The van der Waals surface area contributed by atoms with E-state index in [0.717, 1.165) is 0 Å². The van der Waals surface area contributed by atoms with Crippen molar-refractivity contribution in [3.05, 3.63) is 23.0 Å². The normalized spacial score (nSPS) is 11.1. The Bertz CT molecular complexity index is 432. The van der Waals surface area contributed by atoms with Crippen LogP contribution in [-0.2, 0) is 0 Å². The van der Waals surface area contributed by atoms with Gasteiger partial charge in [-0.25, -0.2) is 4.98 Å². The number of hydrogen-bond donors (Lipinski definition) is 1. The molecule has 0 aliphatic rings. The molecular formula is C13H20ClN3O. The number of pyridine rings is 1. The number of rotatable bonds is 4. The molecule has 2 N–H and O–H groups in total. The van der Waals surface area contributed by atoms with Gasteiger partial charge in [-0.2, -0.15) is 0 Å². The number of hydrogen-bond acceptors (Lipinski definition) is 3. The monoisotopic (exact) mass is 269 g/mol. The molecule has 0 aliphatic carbocycles. The van der Waals surface area contributed by atoms with Crippen molar-refractivity contribution in [1.29, 1.82) is 0 Å². The van der Waals surface area contributed by atoms with Crippen LogP contribution in [0.1, 0.15) is 38.1 Å². The summed E-state index contributed by atoms with van der Waals surface area (Å²) < 4.78 is 0.